The van der Waals surface area contributed by atoms with E-state index in [1.165, 1.54) is 25.4 Å². The third-order valence-corrected chi connectivity index (χ3v) is 5.62. The molecule has 0 bridgehead atoms. The molecular formula is C22H24F2N4O3. The average molecular weight is 430 g/mol. The van der Waals surface area contributed by atoms with Gasteiger partial charge in [0.1, 0.15) is 11.9 Å². The van der Waals surface area contributed by atoms with E-state index in [0.717, 1.165) is 13.1 Å². The molecule has 2 aliphatic rings. The van der Waals surface area contributed by atoms with E-state index in [-0.39, 0.29) is 18.2 Å². The molecule has 0 radical (unpaired) electrons. The van der Waals surface area contributed by atoms with E-state index < -0.39 is 17.4 Å². The molecule has 1 spiro atoms. The van der Waals surface area contributed by atoms with Crippen molar-refractivity contribution in [2.75, 3.05) is 44.9 Å². The highest BCUT2D eigenvalue weighted by atomic mass is 19.1. The number of nitrogens with zero attached hydrogens (tertiary/aromatic N) is 3. The van der Waals surface area contributed by atoms with Gasteiger partial charge in [0.05, 0.1) is 25.9 Å². The first kappa shape index (κ1) is 21.4. The lowest BCUT2D eigenvalue weighted by molar-refractivity contribution is -0.239. The number of pyridine rings is 1. The summed E-state index contributed by atoms with van der Waals surface area (Å²) in [6.45, 7) is 3.80. The lowest BCUT2D eigenvalue weighted by Crippen LogP contribution is -2.61. The van der Waals surface area contributed by atoms with Gasteiger partial charge in [0.25, 0.3) is 0 Å². The Balaban J connectivity index is 1.47. The Kier molecular flexibility index (Phi) is 6.32. The van der Waals surface area contributed by atoms with Gasteiger partial charge >= 0.3 is 0 Å². The Morgan fingerprint density at radius 1 is 1.26 bits per heavy atom. The van der Waals surface area contributed by atoms with Gasteiger partial charge in [0.15, 0.2) is 23.7 Å². The lowest BCUT2D eigenvalue weighted by atomic mass is 9.83. The summed E-state index contributed by atoms with van der Waals surface area (Å²) in [5.41, 5.74) is 0.957. The third kappa shape index (κ3) is 4.77. The third-order valence-electron chi connectivity index (χ3n) is 5.62. The van der Waals surface area contributed by atoms with Crippen molar-refractivity contribution in [2.24, 2.45) is 5.41 Å². The molecule has 1 aromatic carbocycles. The molecule has 0 saturated carbocycles. The zero-order chi connectivity index (χ0) is 21.8. The normalized spacial score (nSPS) is 17.7. The van der Waals surface area contributed by atoms with Gasteiger partial charge in [0.2, 0.25) is 0 Å². The van der Waals surface area contributed by atoms with Crippen molar-refractivity contribution in [3.8, 4) is 11.8 Å². The van der Waals surface area contributed by atoms with E-state index in [9.17, 15) is 8.78 Å². The fraction of sp³-hybridized carbons (Fsp3) is 0.455. The zero-order valence-electron chi connectivity index (χ0n) is 17.2. The first-order valence-corrected chi connectivity index (χ1v) is 10.1. The Morgan fingerprint density at radius 2 is 1.97 bits per heavy atom. The van der Waals surface area contributed by atoms with E-state index in [1.807, 2.05) is 11.0 Å². The Bertz CT molecular complexity index is 927. The first-order valence-electron chi connectivity index (χ1n) is 10.1. The molecule has 0 atom stereocenters. The second-order valence-electron chi connectivity index (χ2n) is 7.97. The van der Waals surface area contributed by atoms with Crippen LogP contribution in [0.3, 0.4) is 0 Å². The number of methoxy groups -OCH3 is 1. The topological polar surface area (TPSA) is 79.6 Å². The summed E-state index contributed by atoms with van der Waals surface area (Å²) in [7, 11) is 1.22. The van der Waals surface area contributed by atoms with Gasteiger partial charge < -0.3 is 24.4 Å². The molecule has 4 rings (SSSR count). The number of anilines is 1. The number of halogens is 2. The number of nitrogens with one attached hydrogen (secondary N) is 1. The van der Waals surface area contributed by atoms with Crippen molar-refractivity contribution in [1.82, 2.24) is 10.3 Å². The number of hydrogen-bond donors (Lipinski definition) is 1. The number of rotatable bonds is 7. The number of nitriles is 1. The van der Waals surface area contributed by atoms with Gasteiger partial charge in [-0.1, -0.05) is 0 Å². The van der Waals surface area contributed by atoms with Crippen molar-refractivity contribution in [3.63, 3.8) is 0 Å². The smallest absolute Gasteiger partial charge is 0.190 e. The van der Waals surface area contributed by atoms with Crippen LogP contribution in [0.1, 0.15) is 17.5 Å². The fourth-order valence-electron chi connectivity index (χ4n) is 3.77. The molecular weight excluding hydrogens is 406 g/mol. The molecule has 164 valence electrons. The molecule has 0 unspecified atom stereocenters. The Morgan fingerprint density at radius 3 is 2.48 bits per heavy atom. The molecule has 1 aromatic heterocycles. The Hall–Kier alpha value is -2.80. The molecule has 9 heteroatoms. The van der Waals surface area contributed by atoms with Crippen molar-refractivity contribution in [1.29, 1.82) is 5.26 Å². The number of aromatic nitrogens is 1. The highest BCUT2D eigenvalue weighted by Crippen LogP contribution is 2.30. The predicted molar refractivity (Wildman–Crippen MR) is 109 cm³/mol. The maximum Gasteiger partial charge on any atom is 0.190 e. The summed E-state index contributed by atoms with van der Waals surface area (Å²) in [5.74, 6) is -1.34. The summed E-state index contributed by atoms with van der Waals surface area (Å²) < 4.78 is 44.9. The van der Waals surface area contributed by atoms with Crippen LogP contribution in [-0.2, 0) is 16.0 Å². The van der Waals surface area contributed by atoms with Crippen LogP contribution in [0, 0.1) is 28.4 Å². The average Bonchev–Trinajstić information content (AvgIpc) is 2.76. The Labute approximate surface area is 179 Å². The van der Waals surface area contributed by atoms with Crippen LogP contribution in [0.25, 0.3) is 0 Å². The van der Waals surface area contributed by atoms with Gasteiger partial charge in [-0.15, -0.1) is 0 Å². The maximum absolute atomic E-state index is 14.2. The molecule has 31 heavy (non-hydrogen) atoms. The predicted octanol–water partition coefficient (Wildman–Crippen LogP) is 2.60. The van der Waals surface area contributed by atoms with Crippen LogP contribution >= 0.6 is 0 Å². The van der Waals surface area contributed by atoms with Gasteiger partial charge in [0, 0.05) is 44.2 Å². The summed E-state index contributed by atoms with van der Waals surface area (Å²) in [4.78, 5) is 6.21. The summed E-state index contributed by atoms with van der Waals surface area (Å²) in [6, 6.07) is 7.91. The van der Waals surface area contributed by atoms with E-state index in [4.69, 9.17) is 19.5 Å². The molecule has 2 aliphatic heterocycles. The molecule has 2 fully saturated rings. The van der Waals surface area contributed by atoms with Crippen LogP contribution < -0.4 is 15.0 Å². The summed E-state index contributed by atoms with van der Waals surface area (Å²) in [5, 5.41) is 12.3. The summed E-state index contributed by atoms with van der Waals surface area (Å²) >= 11 is 0. The summed E-state index contributed by atoms with van der Waals surface area (Å²) in [6.07, 6.45) is 1.68. The molecule has 3 heterocycles. The van der Waals surface area contributed by atoms with Gasteiger partial charge in [-0.2, -0.15) is 5.26 Å². The fourth-order valence-corrected chi connectivity index (χ4v) is 3.77. The van der Waals surface area contributed by atoms with Crippen LogP contribution in [0.15, 0.2) is 30.5 Å². The van der Waals surface area contributed by atoms with E-state index in [2.05, 4.69) is 10.3 Å². The second kappa shape index (κ2) is 9.14. The second-order valence-corrected chi connectivity index (χ2v) is 7.97. The largest absolute Gasteiger partial charge is 0.491 e. The van der Waals surface area contributed by atoms with Crippen molar-refractivity contribution in [3.05, 3.63) is 53.2 Å². The van der Waals surface area contributed by atoms with Gasteiger partial charge in [-0.3, -0.25) is 0 Å². The van der Waals surface area contributed by atoms with E-state index in [0.29, 0.717) is 43.1 Å². The van der Waals surface area contributed by atoms with Crippen molar-refractivity contribution in [2.45, 2.75) is 19.3 Å². The van der Waals surface area contributed by atoms with Crippen molar-refractivity contribution >= 4 is 5.82 Å². The minimum absolute atomic E-state index is 0.0863. The van der Waals surface area contributed by atoms with Gasteiger partial charge in [-0.05, 0) is 29.8 Å². The highest BCUT2D eigenvalue weighted by molar-refractivity contribution is 5.43. The van der Waals surface area contributed by atoms with Crippen LogP contribution in [0.4, 0.5) is 14.6 Å². The number of benzene rings is 1. The molecule has 1 N–H and O–H groups in total. The zero-order valence-corrected chi connectivity index (χ0v) is 17.2. The highest BCUT2D eigenvalue weighted by Gasteiger charge is 2.42. The molecule has 0 aliphatic carbocycles. The molecule has 2 saturated heterocycles. The first-order chi connectivity index (χ1) is 15.0. The number of ether oxygens (including phenoxy) is 3. The molecule has 7 nitrogen and oxygen atoms in total. The quantitative estimate of drug-likeness (QED) is 0.723. The van der Waals surface area contributed by atoms with E-state index >= 15 is 0 Å². The monoisotopic (exact) mass is 430 g/mol. The SMILES string of the molecule is COc1c(F)cc(CN(CCC2OCC3(CNC3)CO2)c2ccc(C#N)cn2)cc1F. The molecule has 0 amide bonds. The van der Waals surface area contributed by atoms with Gasteiger partial charge in [-0.25, -0.2) is 13.8 Å². The van der Waals surface area contributed by atoms with Crippen LogP contribution in [-0.4, -0.2) is 51.2 Å². The van der Waals surface area contributed by atoms with Crippen LogP contribution in [0.2, 0.25) is 0 Å². The molecule has 2 aromatic rings. The number of hydrogen-bond acceptors (Lipinski definition) is 7. The van der Waals surface area contributed by atoms with Crippen molar-refractivity contribution < 1.29 is 23.0 Å². The van der Waals surface area contributed by atoms with E-state index in [1.54, 1.807) is 12.1 Å². The lowest BCUT2D eigenvalue weighted by Gasteiger charge is -2.46. The minimum atomic E-state index is -0.761. The van der Waals surface area contributed by atoms with Crippen LogP contribution in [0.5, 0.6) is 5.75 Å². The minimum Gasteiger partial charge on any atom is -0.491 e. The standard InChI is InChI=1S/C22H24F2N4O3/c1-29-21-17(23)6-16(7-18(21)24)10-28(19-3-2-15(8-25)9-27-19)5-4-20-30-13-22(14-31-20)11-26-12-22/h2-3,6-7,9,20,26H,4-5,10-14H2,1H3. The maximum atomic E-state index is 14.2.